The molecule has 4 N–H and O–H groups in total. The molecular formula is C24H33N5O5. The topological polar surface area (TPSA) is 140 Å². The summed E-state index contributed by atoms with van der Waals surface area (Å²) in [6.45, 7) is 6.92. The van der Waals surface area contributed by atoms with Crippen molar-refractivity contribution in [1.29, 1.82) is 0 Å². The van der Waals surface area contributed by atoms with E-state index in [4.69, 9.17) is 10.5 Å². The molecule has 1 atom stereocenters. The van der Waals surface area contributed by atoms with Gasteiger partial charge in [0.1, 0.15) is 11.9 Å². The lowest BCUT2D eigenvalue weighted by Crippen LogP contribution is -2.42. The summed E-state index contributed by atoms with van der Waals surface area (Å²) in [4.78, 5) is 54.7. The SMILES string of the molecule is CCCCN(C(=O)c1cccc(NC(=O)[C@@H]2CCCO2)c1)c1c(N)n(CC(C)C)c(=O)[nH]c1=O. The number of benzene rings is 1. The summed E-state index contributed by atoms with van der Waals surface area (Å²) >= 11 is 0. The fourth-order valence-corrected chi connectivity index (χ4v) is 3.91. The smallest absolute Gasteiger partial charge is 0.330 e. The molecule has 1 aliphatic rings. The Hall–Kier alpha value is -3.40. The summed E-state index contributed by atoms with van der Waals surface area (Å²) < 4.78 is 6.70. The van der Waals surface area contributed by atoms with Crippen molar-refractivity contribution in [2.45, 2.75) is 59.1 Å². The van der Waals surface area contributed by atoms with Gasteiger partial charge in [-0.15, -0.1) is 0 Å². The van der Waals surface area contributed by atoms with Crippen molar-refractivity contribution in [1.82, 2.24) is 9.55 Å². The normalized spacial score (nSPS) is 15.5. The first-order chi connectivity index (χ1) is 16.2. The summed E-state index contributed by atoms with van der Waals surface area (Å²) in [6, 6.07) is 6.51. The molecule has 0 radical (unpaired) electrons. The molecule has 1 aromatic carbocycles. The fourth-order valence-electron chi connectivity index (χ4n) is 3.91. The summed E-state index contributed by atoms with van der Waals surface area (Å²) in [5.41, 5.74) is 5.63. The Morgan fingerprint density at radius 2 is 2.09 bits per heavy atom. The largest absolute Gasteiger partial charge is 0.383 e. The van der Waals surface area contributed by atoms with Crippen LogP contribution in [0.2, 0.25) is 0 Å². The molecule has 3 rings (SSSR count). The van der Waals surface area contributed by atoms with Gasteiger partial charge in [0.25, 0.3) is 17.4 Å². The number of carbonyl (C=O) groups is 2. The zero-order valence-corrected chi connectivity index (χ0v) is 19.9. The van der Waals surface area contributed by atoms with E-state index in [-0.39, 0.29) is 35.4 Å². The zero-order chi connectivity index (χ0) is 24.8. The van der Waals surface area contributed by atoms with E-state index in [0.717, 1.165) is 12.8 Å². The van der Waals surface area contributed by atoms with Crippen LogP contribution in [0.15, 0.2) is 33.9 Å². The van der Waals surface area contributed by atoms with Crippen molar-refractivity contribution >= 4 is 29.0 Å². The molecule has 2 amide bonds. The summed E-state index contributed by atoms with van der Waals surface area (Å²) in [5, 5.41) is 2.79. The number of nitrogens with two attached hydrogens (primary N) is 1. The van der Waals surface area contributed by atoms with E-state index in [1.54, 1.807) is 24.3 Å². The lowest BCUT2D eigenvalue weighted by Gasteiger charge is -2.25. The molecule has 0 unspecified atom stereocenters. The van der Waals surface area contributed by atoms with Gasteiger partial charge in [-0.05, 0) is 43.4 Å². The number of nitrogen functional groups attached to an aromatic ring is 1. The maximum atomic E-state index is 13.6. The van der Waals surface area contributed by atoms with E-state index in [9.17, 15) is 19.2 Å². The minimum Gasteiger partial charge on any atom is -0.383 e. The molecule has 1 aliphatic heterocycles. The van der Waals surface area contributed by atoms with Crippen molar-refractivity contribution in [2.24, 2.45) is 5.92 Å². The monoisotopic (exact) mass is 471 g/mol. The van der Waals surface area contributed by atoms with Gasteiger partial charge in [0.2, 0.25) is 0 Å². The highest BCUT2D eigenvalue weighted by Gasteiger charge is 2.26. The molecule has 34 heavy (non-hydrogen) atoms. The second kappa shape index (κ2) is 11.1. The minimum absolute atomic E-state index is 0.0465. The van der Waals surface area contributed by atoms with Crippen LogP contribution in [0.4, 0.5) is 17.2 Å². The Morgan fingerprint density at radius 1 is 1.32 bits per heavy atom. The van der Waals surface area contributed by atoms with Crippen LogP contribution < -0.4 is 27.2 Å². The van der Waals surface area contributed by atoms with Crippen LogP contribution in [0.5, 0.6) is 0 Å². The number of aromatic amines is 1. The first-order valence-corrected chi connectivity index (χ1v) is 11.7. The van der Waals surface area contributed by atoms with E-state index >= 15 is 0 Å². The van der Waals surface area contributed by atoms with Crippen molar-refractivity contribution in [2.75, 3.05) is 29.1 Å². The molecule has 184 valence electrons. The molecule has 2 aromatic rings. The van der Waals surface area contributed by atoms with Gasteiger partial charge < -0.3 is 20.7 Å². The molecule has 10 heteroatoms. The third kappa shape index (κ3) is 5.74. The average Bonchev–Trinajstić information content (AvgIpc) is 3.33. The van der Waals surface area contributed by atoms with E-state index < -0.39 is 23.3 Å². The summed E-state index contributed by atoms with van der Waals surface area (Å²) in [5.74, 6) is -0.655. The number of H-pyrrole nitrogens is 1. The molecule has 1 fully saturated rings. The van der Waals surface area contributed by atoms with E-state index in [1.165, 1.54) is 9.47 Å². The van der Waals surface area contributed by atoms with Crippen molar-refractivity contribution in [3.05, 3.63) is 50.7 Å². The predicted molar refractivity (Wildman–Crippen MR) is 131 cm³/mol. The predicted octanol–water partition coefficient (Wildman–Crippen LogP) is 2.34. The van der Waals surface area contributed by atoms with Crippen LogP contribution in [0, 0.1) is 5.92 Å². The molecule has 0 saturated carbocycles. The van der Waals surface area contributed by atoms with Crippen LogP contribution >= 0.6 is 0 Å². The number of carbonyl (C=O) groups excluding carboxylic acids is 2. The van der Waals surface area contributed by atoms with Gasteiger partial charge in [-0.3, -0.25) is 23.9 Å². The molecule has 10 nitrogen and oxygen atoms in total. The maximum absolute atomic E-state index is 13.6. The van der Waals surface area contributed by atoms with Gasteiger partial charge in [-0.1, -0.05) is 33.3 Å². The third-order valence-corrected chi connectivity index (χ3v) is 5.61. The average molecular weight is 472 g/mol. The quantitative estimate of drug-likeness (QED) is 0.513. The molecule has 0 spiro atoms. The molecule has 1 aromatic heterocycles. The van der Waals surface area contributed by atoms with Crippen LogP contribution in [0.1, 0.15) is 56.8 Å². The Bertz CT molecular complexity index is 1150. The van der Waals surface area contributed by atoms with E-state index in [2.05, 4.69) is 10.3 Å². The number of amides is 2. The number of hydrogen-bond acceptors (Lipinski definition) is 6. The van der Waals surface area contributed by atoms with Crippen LogP contribution in [0.3, 0.4) is 0 Å². The van der Waals surface area contributed by atoms with Gasteiger partial charge in [-0.2, -0.15) is 0 Å². The molecule has 2 heterocycles. The lowest BCUT2D eigenvalue weighted by molar-refractivity contribution is -0.124. The van der Waals surface area contributed by atoms with Gasteiger partial charge in [0.05, 0.1) is 0 Å². The van der Waals surface area contributed by atoms with Crippen molar-refractivity contribution in [3.63, 3.8) is 0 Å². The number of nitrogens with one attached hydrogen (secondary N) is 2. The van der Waals surface area contributed by atoms with Crippen LogP contribution in [0.25, 0.3) is 0 Å². The second-order valence-electron chi connectivity index (χ2n) is 8.88. The number of hydrogen-bond donors (Lipinski definition) is 3. The Morgan fingerprint density at radius 3 is 2.74 bits per heavy atom. The summed E-state index contributed by atoms with van der Waals surface area (Å²) in [6.07, 6.45) is 2.40. The highest BCUT2D eigenvalue weighted by atomic mass is 16.5. The number of ether oxygens (including phenoxy) is 1. The van der Waals surface area contributed by atoms with Gasteiger partial charge >= 0.3 is 5.69 Å². The molecule has 1 saturated heterocycles. The number of anilines is 3. The Labute approximate surface area is 198 Å². The standard InChI is InChI=1S/C24H33N5O5/c1-4-5-11-28(19-20(25)29(14-15(2)3)24(33)27-22(19)31)23(32)16-8-6-9-17(13-16)26-21(30)18-10-7-12-34-18/h6,8-9,13,15,18H,4-5,7,10-12,14,25H2,1-3H3,(H,26,30)(H,27,31,33)/t18-/m0/s1. The van der Waals surface area contributed by atoms with Gasteiger partial charge in [0, 0.05) is 30.9 Å². The highest BCUT2D eigenvalue weighted by Crippen LogP contribution is 2.23. The first-order valence-electron chi connectivity index (χ1n) is 11.7. The Kier molecular flexibility index (Phi) is 8.27. The lowest BCUT2D eigenvalue weighted by atomic mass is 10.1. The fraction of sp³-hybridized carbons (Fsp3) is 0.500. The van der Waals surface area contributed by atoms with Crippen LogP contribution in [-0.4, -0.2) is 40.6 Å². The molecular weight excluding hydrogens is 438 g/mol. The van der Waals surface area contributed by atoms with E-state index in [1.807, 2.05) is 20.8 Å². The zero-order valence-electron chi connectivity index (χ0n) is 19.9. The number of nitrogens with zero attached hydrogens (tertiary/aromatic N) is 2. The first kappa shape index (κ1) is 25.2. The van der Waals surface area contributed by atoms with Crippen molar-refractivity contribution in [3.8, 4) is 0 Å². The maximum Gasteiger partial charge on any atom is 0.330 e. The van der Waals surface area contributed by atoms with E-state index in [0.29, 0.717) is 31.7 Å². The summed E-state index contributed by atoms with van der Waals surface area (Å²) in [7, 11) is 0. The van der Waals surface area contributed by atoms with Crippen molar-refractivity contribution < 1.29 is 14.3 Å². The number of rotatable bonds is 9. The van der Waals surface area contributed by atoms with Gasteiger partial charge in [0.15, 0.2) is 5.69 Å². The number of unbranched alkanes of at least 4 members (excludes halogenated alkanes) is 1. The minimum atomic E-state index is -0.713. The number of aromatic nitrogens is 2. The second-order valence-corrected chi connectivity index (χ2v) is 8.88. The molecule has 0 aliphatic carbocycles. The Balaban J connectivity index is 1.96. The highest BCUT2D eigenvalue weighted by molar-refractivity contribution is 6.08. The molecule has 0 bridgehead atoms. The van der Waals surface area contributed by atoms with Crippen LogP contribution in [-0.2, 0) is 16.1 Å². The van der Waals surface area contributed by atoms with Gasteiger partial charge in [-0.25, -0.2) is 4.79 Å². The third-order valence-electron chi connectivity index (χ3n) is 5.61.